The van der Waals surface area contributed by atoms with Crippen LogP contribution in [-0.2, 0) is 4.43 Å². The minimum Gasteiger partial charge on any atom is -0.413 e. The minimum atomic E-state index is -1.67. The van der Waals surface area contributed by atoms with Gasteiger partial charge < -0.3 is 4.43 Å². The van der Waals surface area contributed by atoms with Crippen molar-refractivity contribution in [2.24, 2.45) is 0 Å². The van der Waals surface area contributed by atoms with E-state index in [9.17, 15) is 0 Å². The van der Waals surface area contributed by atoms with Crippen molar-refractivity contribution < 1.29 is 4.43 Å². The number of rotatable bonds is 7. The molecular weight excluding hydrogens is 212 g/mol. The van der Waals surface area contributed by atoms with Crippen LogP contribution in [0.5, 0.6) is 0 Å². The predicted octanol–water partition coefficient (Wildman–Crippen LogP) is 3.70. The van der Waals surface area contributed by atoms with Gasteiger partial charge in [0, 0.05) is 6.61 Å². The van der Waals surface area contributed by atoms with Crippen molar-refractivity contribution in [2.45, 2.75) is 45.7 Å². The Labute approximate surface area is 101 Å². The third kappa shape index (κ3) is 3.19. The van der Waals surface area contributed by atoms with E-state index in [4.69, 9.17) is 4.43 Å². The third-order valence-electron chi connectivity index (χ3n) is 3.03. The van der Waals surface area contributed by atoms with Gasteiger partial charge in [-0.2, -0.15) is 0 Å². The molecule has 1 aromatic carbocycles. The zero-order valence-electron chi connectivity index (χ0n) is 10.8. The molecule has 0 N–H and O–H groups in total. The average Bonchev–Trinajstić information content (AvgIpc) is 2.31. The molecule has 0 aliphatic rings. The van der Waals surface area contributed by atoms with Gasteiger partial charge in [-0.1, -0.05) is 57.0 Å². The highest BCUT2D eigenvalue weighted by Crippen LogP contribution is 2.21. The van der Waals surface area contributed by atoms with Gasteiger partial charge in [0.1, 0.15) is 0 Å². The maximum Gasteiger partial charge on any atom is 0.224 e. The smallest absolute Gasteiger partial charge is 0.224 e. The molecule has 0 aromatic heterocycles. The maximum atomic E-state index is 6.24. The van der Waals surface area contributed by atoms with E-state index in [2.05, 4.69) is 51.1 Å². The van der Waals surface area contributed by atoms with Crippen LogP contribution in [0, 0.1) is 0 Å². The quantitative estimate of drug-likeness (QED) is 0.656. The summed E-state index contributed by atoms with van der Waals surface area (Å²) < 4.78 is 6.24. The summed E-state index contributed by atoms with van der Waals surface area (Å²) in [5.74, 6) is 0. The van der Waals surface area contributed by atoms with Crippen LogP contribution >= 0.6 is 0 Å². The Kier molecular flexibility index (Phi) is 5.78. The van der Waals surface area contributed by atoms with E-state index in [1.54, 1.807) is 0 Å². The Hall–Kier alpha value is -0.603. The van der Waals surface area contributed by atoms with Crippen molar-refractivity contribution in [1.29, 1.82) is 0 Å². The van der Waals surface area contributed by atoms with Crippen molar-refractivity contribution in [3.05, 3.63) is 30.3 Å². The summed E-state index contributed by atoms with van der Waals surface area (Å²) >= 11 is 0. The van der Waals surface area contributed by atoms with Gasteiger partial charge >= 0.3 is 0 Å². The van der Waals surface area contributed by atoms with E-state index < -0.39 is 8.32 Å². The van der Waals surface area contributed by atoms with E-state index in [0.29, 0.717) is 0 Å². The van der Waals surface area contributed by atoms with Gasteiger partial charge in [-0.05, 0) is 24.2 Å². The summed E-state index contributed by atoms with van der Waals surface area (Å²) in [6.45, 7) is 7.50. The molecule has 0 aliphatic heterocycles. The van der Waals surface area contributed by atoms with Crippen LogP contribution in [0.15, 0.2) is 30.3 Å². The average molecular weight is 236 g/mol. The van der Waals surface area contributed by atoms with Gasteiger partial charge in [-0.3, -0.25) is 0 Å². The summed E-state index contributed by atoms with van der Waals surface area (Å²) in [5, 5.41) is 1.47. The van der Waals surface area contributed by atoms with Crippen LogP contribution in [0.25, 0.3) is 0 Å². The van der Waals surface area contributed by atoms with Gasteiger partial charge in [-0.25, -0.2) is 0 Å². The second-order valence-corrected chi connectivity index (χ2v) is 8.15. The second-order valence-electron chi connectivity index (χ2n) is 4.29. The minimum absolute atomic E-state index is 0.848. The van der Waals surface area contributed by atoms with E-state index in [-0.39, 0.29) is 0 Å². The predicted molar refractivity (Wildman–Crippen MR) is 73.7 cm³/mol. The van der Waals surface area contributed by atoms with Crippen LogP contribution in [0.1, 0.15) is 33.6 Å². The lowest BCUT2D eigenvalue weighted by atomic mass is 10.4. The fraction of sp³-hybridized carbons (Fsp3) is 0.571. The molecule has 0 unspecified atom stereocenters. The van der Waals surface area contributed by atoms with Crippen molar-refractivity contribution >= 4 is 13.5 Å². The van der Waals surface area contributed by atoms with Crippen LogP contribution in [-0.4, -0.2) is 14.9 Å². The molecule has 0 spiro atoms. The molecular formula is C14H24OSi. The van der Waals surface area contributed by atoms with Crippen LogP contribution in [0.2, 0.25) is 12.1 Å². The maximum absolute atomic E-state index is 6.24. The fourth-order valence-corrected chi connectivity index (χ4v) is 6.72. The lowest BCUT2D eigenvalue weighted by molar-refractivity contribution is 0.327. The summed E-state index contributed by atoms with van der Waals surface area (Å²) in [7, 11) is -1.67. The molecule has 0 radical (unpaired) electrons. The monoisotopic (exact) mass is 236 g/mol. The standard InChI is InChI=1S/C14H24OSi/c1-4-12-16(13-5-2,15-6-3)14-10-8-7-9-11-14/h7-11H,4-6,12-13H2,1-3H3. The molecule has 1 aromatic rings. The van der Waals surface area contributed by atoms with E-state index in [0.717, 1.165) is 6.61 Å². The zero-order chi connectivity index (χ0) is 11.9. The topological polar surface area (TPSA) is 9.23 Å². The Bertz CT molecular complexity index is 267. The summed E-state index contributed by atoms with van der Waals surface area (Å²) in [6, 6.07) is 13.4. The van der Waals surface area contributed by atoms with Crippen LogP contribution in [0.3, 0.4) is 0 Å². The largest absolute Gasteiger partial charge is 0.413 e. The van der Waals surface area contributed by atoms with E-state index in [1.807, 2.05) is 0 Å². The van der Waals surface area contributed by atoms with E-state index >= 15 is 0 Å². The number of hydrogen-bond acceptors (Lipinski definition) is 1. The van der Waals surface area contributed by atoms with Crippen molar-refractivity contribution in [2.75, 3.05) is 6.61 Å². The number of benzene rings is 1. The summed E-state index contributed by atoms with van der Waals surface area (Å²) in [6.07, 6.45) is 2.45. The Morgan fingerprint density at radius 2 is 1.50 bits per heavy atom. The Morgan fingerprint density at radius 1 is 0.938 bits per heavy atom. The van der Waals surface area contributed by atoms with Crippen molar-refractivity contribution in [3.8, 4) is 0 Å². The van der Waals surface area contributed by atoms with Gasteiger partial charge in [0.05, 0.1) is 0 Å². The molecule has 0 saturated heterocycles. The molecule has 0 bridgehead atoms. The first-order valence-corrected chi connectivity index (χ1v) is 8.80. The molecule has 0 atom stereocenters. The molecule has 1 rings (SSSR count). The zero-order valence-corrected chi connectivity index (χ0v) is 11.8. The normalized spacial score (nSPS) is 11.7. The molecule has 0 aliphatic carbocycles. The molecule has 2 heteroatoms. The molecule has 0 heterocycles. The van der Waals surface area contributed by atoms with Gasteiger partial charge in [0.25, 0.3) is 0 Å². The third-order valence-corrected chi connectivity index (χ3v) is 7.87. The Balaban J connectivity index is 2.99. The molecule has 0 amide bonds. The first-order valence-electron chi connectivity index (χ1n) is 6.48. The first-order chi connectivity index (χ1) is 7.79. The molecule has 0 fully saturated rings. The van der Waals surface area contributed by atoms with Crippen LogP contribution in [0.4, 0.5) is 0 Å². The highest BCUT2D eigenvalue weighted by Gasteiger charge is 2.34. The van der Waals surface area contributed by atoms with Gasteiger partial charge in [-0.15, -0.1) is 0 Å². The van der Waals surface area contributed by atoms with Gasteiger partial charge in [0.2, 0.25) is 8.32 Å². The highest BCUT2D eigenvalue weighted by molar-refractivity contribution is 6.86. The fourth-order valence-electron chi connectivity index (χ4n) is 2.47. The van der Waals surface area contributed by atoms with Crippen molar-refractivity contribution in [1.82, 2.24) is 0 Å². The second kappa shape index (κ2) is 6.87. The molecule has 90 valence electrons. The van der Waals surface area contributed by atoms with Crippen molar-refractivity contribution in [3.63, 3.8) is 0 Å². The Morgan fingerprint density at radius 3 is 1.94 bits per heavy atom. The molecule has 0 saturated carbocycles. The molecule has 16 heavy (non-hydrogen) atoms. The molecule has 1 nitrogen and oxygen atoms in total. The highest BCUT2D eigenvalue weighted by atomic mass is 28.4. The SMILES string of the molecule is CCC[Si](CCC)(OCC)c1ccccc1. The summed E-state index contributed by atoms with van der Waals surface area (Å²) in [4.78, 5) is 0. The first kappa shape index (κ1) is 13.5. The lowest BCUT2D eigenvalue weighted by Gasteiger charge is -2.31. The van der Waals surface area contributed by atoms with Crippen LogP contribution < -0.4 is 5.19 Å². The summed E-state index contributed by atoms with van der Waals surface area (Å²) in [5.41, 5.74) is 0. The number of hydrogen-bond donors (Lipinski definition) is 0. The van der Waals surface area contributed by atoms with Gasteiger partial charge in [0.15, 0.2) is 0 Å². The van der Waals surface area contributed by atoms with E-state index in [1.165, 1.54) is 30.1 Å². The lowest BCUT2D eigenvalue weighted by Crippen LogP contribution is -2.50.